The zero-order chi connectivity index (χ0) is 19.2. The fourth-order valence-electron chi connectivity index (χ4n) is 2.74. The average Bonchev–Trinajstić information content (AvgIpc) is 3.14. The maximum atomic E-state index is 10.9. The number of thiophene rings is 1. The van der Waals surface area contributed by atoms with Gasteiger partial charge >= 0.3 is 6.03 Å². The van der Waals surface area contributed by atoms with Crippen LogP contribution in [0.4, 0.5) is 4.79 Å². The van der Waals surface area contributed by atoms with Crippen LogP contribution < -0.4 is 5.73 Å². The first-order chi connectivity index (χ1) is 13.0. The summed E-state index contributed by atoms with van der Waals surface area (Å²) in [5, 5.41) is 10.0. The summed E-state index contributed by atoms with van der Waals surface area (Å²) in [7, 11) is 0. The molecule has 27 heavy (non-hydrogen) atoms. The van der Waals surface area contributed by atoms with Gasteiger partial charge in [0.25, 0.3) is 0 Å². The molecule has 0 spiro atoms. The minimum absolute atomic E-state index is 0.474. The van der Waals surface area contributed by atoms with Gasteiger partial charge in [-0.15, -0.1) is 11.3 Å². The first-order valence-corrected chi connectivity index (χ1v) is 9.53. The van der Waals surface area contributed by atoms with E-state index < -0.39 is 12.1 Å². The van der Waals surface area contributed by atoms with Crippen LogP contribution in [0.15, 0.2) is 72.8 Å². The Morgan fingerprint density at radius 3 is 2.41 bits per heavy atom. The molecular weight excluding hydrogens is 356 g/mol. The molecule has 3 rings (SSSR count). The van der Waals surface area contributed by atoms with E-state index in [0.717, 1.165) is 11.3 Å². The monoisotopic (exact) mass is 378 g/mol. The van der Waals surface area contributed by atoms with E-state index in [9.17, 15) is 10.0 Å². The quantitative estimate of drug-likeness (QED) is 0.458. The molecule has 1 atom stereocenters. The number of hydrogen-bond donors (Lipinski definition) is 2. The van der Waals surface area contributed by atoms with E-state index in [-0.39, 0.29) is 0 Å². The topological polar surface area (TPSA) is 66.6 Å². The molecule has 0 saturated heterocycles. The highest BCUT2D eigenvalue weighted by atomic mass is 32.1. The first-order valence-electron chi connectivity index (χ1n) is 8.72. The van der Waals surface area contributed by atoms with Crippen LogP contribution in [0.3, 0.4) is 0 Å². The molecule has 0 aliphatic rings. The van der Waals surface area contributed by atoms with Crippen molar-refractivity contribution in [3.63, 3.8) is 0 Å². The van der Waals surface area contributed by atoms with Crippen LogP contribution in [-0.4, -0.2) is 22.3 Å². The van der Waals surface area contributed by atoms with Crippen LogP contribution in [0, 0.1) is 0 Å². The smallest absolute Gasteiger partial charge is 0.339 e. The molecule has 1 aromatic heterocycles. The fourth-order valence-corrected chi connectivity index (χ4v) is 3.70. The predicted molar refractivity (Wildman–Crippen MR) is 111 cm³/mol. The summed E-state index contributed by atoms with van der Waals surface area (Å²) in [4.78, 5) is 13.3. The van der Waals surface area contributed by atoms with E-state index in [1.165, 1.54) is 21.6 Å². The number of amides is 2. The van der Waals surface area contributed by atoms with E-state index in [1.54, 1.807) is 24.3 Å². The van der Waals surface area contributed by atoms with E-state index in [0.29, 0.717) is 5.06 Å². The normalized spacial score (nSPS) is 12.2. The van der Waals surface area contributed by atoms with Crippen LogP contribution in [-0.2, 0) is 6.42 Å². The third-order valence-corrected chi connectivity index (χ3v) is 5.32. The highest BCUT2D eigenvalue weighted by Crippen LogP contribution is 2.24. The molecule has 2 amide bonds. The Morgan fingerprint density at radius 2 is 1.74 bits per heavy atom. The summed E-state index contributed by atoms with van der Waals surface area (Å²) >= 11 is 1.69. The summed E-state index contributed by atoms with van der Waals surface area (Å²) in [6.45, 7) is 1.70. The molecule has 1 unspecified atom stereocenters. The minimum Gasteiger partial charge on any atom is -0.350 e. The van der Waals surface area contributed by atoms with Crippen molar-refractivity contribution in [3.05, 3.63) is 88.1 Å². The standard InChI is InChI=1S/C22H22N2O2S/c1-16(24(26)22(23)25)7-12-20-13-14-21(27-20)15-17-8-10-19(11-9-17)18-5-3-2-4-6-18/h2-14,16,26H,15H2,1H3,(H2,23,25)/b12-7-. The number of rotatable bonds is 6. The van der Waals surface area contributed by atoms with Gasteiger partial charge < -0.3 is 5.73 Å². The predicted octanol–water partition coefficient (Wildman–Crippen LogP) is 5.18. The molecule has 0 aliphatic carbocycles. The molecule has 0 radical (unpaired) electrons. The Balaban J connectivity index is 1.63. The molecule has 3 N–H and O–H groups in total. The molecule has 138 valence electrons. The summed E-state index contributed by atoms with van der Waals surface area (Å²) in [6.07, 6.45) is 4.51. The second kappa shape index (κ2) is 8.66. The van der Waals surface area contributed by atoms with Gasteiger partial charge in [-0.2, -0.15) is 5.06 Å². The lowest BCUT2D eigenvalue weighted by Crippen LogP contribution is -2.38. The molecule has 3 aromatic rings. The number of nitrogens with two attached hydrogens (primary N) is 1. The van der Waals surface area contributed by atoms with Crippen LogP contribution in [0.2, 0.25) is 0 Å². The fraction of sp³-hybridized carbons (Fsp3) is 0.136. The molecule has 0 fully saturated rings. The number of urea groups is 1. The van der Waals surface area contributed by atoms with Crippen LogP contribution in [0.5, 0.6) is 0 Å². The highest BCUT2D eigenvalue weighted by molar-refractivity contribution is 7.12. The van der Waals surface area contributed by atoms with Gasteiger partial charge in [-0.3, -0.25) is 5.21 Å². The van der Waals surface area contributed by atoms with Crippen molar-refractivity contribution in [2.24, 2.45) is 5.73 Å². The summed E-state index contributed by atoms with van der Waals surface area (Å²) in [5.74, 6) is 0. The summed E-state index contributed by atoms with van der Waals surface area (Å²) in [5.41, 5.74) is 8.74. The number of hydroxylamine groups is 2. The van der Waals surface area contributed by atoms with E-state index >= 15 is 0 Å². The van der Waals surface area contributed by atoms with Crippen molar-refractivity contribution < 1.29 is 10.0 Å². The van der Waals surface area contributed by atoms with Gasteiger partial charge in [-0.1, -0.05) is 60.7 Å². The molecular formula is C22H22N2O2S. The summed E-state index contributed by atoms with van der Waals surface area (Å²) in [6, 6.07) is 21.8. The lowest BCUT2D eigenvalue weighted by molar-refractivity contribution is -0.0560. The third kappa shape index (κ3) is 5.06. The van der Waals surface area contributed by atoms with Gasteiger partial charge in [0, 0.05) is 16.2 Å². The van der Waals surface area contributed by atoms with Crippen molar-refractivity contribution in [3.8, 4) is 11.1 Å². The van der Waals surface area contributed by atoms with Crippen molar-refractivity contribution in [1.29, 1.82) is 0 Å². The Morgan fingerprint density at radius 1 is 1.07 bits per heavy atom. The number of carbonyl (C=O) groups is 1. The first kappa shape index (κ1) is 18.9. The van der Waals surface area contributed by atoms with Gasteiger partial charge in [-0.05, 0) is 41.8 Å². The van der Waals surface area contributed by atoms with Gasteiger partial charge in [0.15, 0.2) is 0 Å². The largest absolute Gasteiger partial charge is 0.350 e. The molecule has 0 aliphatic heterocycles. The van der Waals surface area contributed by atoms with Crippen molar-refractivity contribution in [2.45, 2.75) is 19.4 Å². The molecule has 0 bridgehead atoms. The molecule has 2 aromatic carbocycles. The Kier molecular flexibility index (Phi) is 6.06. The van der Waals surface area contributed by atoms with Crippen LogP contribution >= 0.6 is 11.3 Å². The number of carbonyl (C=O) groups excluding carboxylic acids is 1. The lowest BCUT2D eigenvalue weighted by atomic mass is 10.0. The van der Waals surface area contributed by atoms with Crippen LogP contribution in [0.1, 0.15) is 22.2 Å². The Labute approximate surface area is 163 Å². The minimum atomic E-state index is -0.863. The van der Waals surface area contributed by atoms with E-state index in [1.807, 2.05) is 30.3 Å². The van der Waals surface area contributed by atoms with Crippen molar-refractivity contribution >= 4 is 23.4 Å². The van der Waals surface area contributed by atoms with Gasteiger partial charge in [0.1, 0.15) is 0 Å². The molecule has 4 nitrogen and oxygen atoms in total. The SMILES string of the molecule is CC(/C=C\c1ccc(Cc2ccc(-c3ccccc3)cc2)s1)N(O)C(N)=O. The highest BCUT2D eigenvalue weighted by Gasteiger charge is 2.11. The zero-order valence-corrected chi connectivity index (χ0v) is 15.9. The maximum Gasteiger partial charge on any atom is 0.339 e. The number of primary amides is 1. The zero-order valence-electron chi connectivity index (χ0n) is 15.1. The second-order valence-corrected chi connectivity index (χ2v) is 7.53. The van der Waals surface area contributed by atoms with Crippen molar-refractivity contribution in [2.75, 3.05) is 0 Å². The molecule has 0 saturated carbocycles. The Hall–Kier alpha value is -2.89. The maximum absolute atomic E-state index is 10.9. The number of benzene rings is 2. The number of hydrogen-bond acceptors (Lipinski definition) is 3. The number of nitrogens with zero attached hydrogens (tertiary/aromatic N) is 1. The van der Waals surface area contributed by atoms with E-state index in [2.05, 4.69) is 42.5 Å². The van der Waals surface area contributed by atoms with Gasteiger partial charge in [0.2, 0.25) is 0 Å². The molecule has 5 heteroatoms. The van der Waals surface area contributed by atoms with E-state index in [4.69, 9.17) is 5.73 Å². The van der Waals surface area contributed by atoms with Crippen molar-refractivity contribution in [1.82, 2.24) is 5.06 Å². The Bertz CT molecular complexity index is 917. The van der Waals surface area contributed by atoms with Crippen LogP contribution in [0.25, 0.3) is 17.2 Å². The van der Waals surface area contributed by atoms with Gasteiger partial charge in [0.05, 0.1) is 6.04 Å². The van der Waals surface area contributed by atoms with Gasteiger partial charge in [-0.25, -0.2) is 4.79 Å². The third-order valence-electron chi connectivity index (χ3n) is 4.27. The molecule has 1 heterocycles. The lowest BCUT2D eigenvalue weighted by Gasteiger charge is -2.16. The summed E-state index contributed by atoms with van der Waals surface area (Å²) < 4.78 is 0. The second-order valence-electron chi connectivity index (χ2n) is 6.33. The average molecular weight is 378 g/mol.